The molecule has 1 amide bonds. The summed E-state index contributed by atoms with van der Waals surface area (Å²) in [5.41, 5.74) is 0. The number of amides is 1. The molecule has 14 heavy (non-hydrogen) atoms. The second-order valence-corrected chi connectivity index (χ2v) is 4.43. The molecule has 2 unspecified atom stereocenters. The largest absolute Gasteiger partial charge is 0.396 e. The number of hydrogen-bond acceptors (Lipinski definition) is 3. The standard InChI is InChI=1S/C10H17NO3/c1-7(6-12)5-11-10(13)4-9(14-11)8-2-3-8/h7-9,12H,2-6H2,1H3. The Kier molecular flexibility index (Phi) is 2.74. The molecule has 1 saturated heterocycles. The number of carbonyl (C=O) groups is 1. The highest BCUT2D eigenvalue weighted by molar-refractivity contribution is 5.77. The summed E-state index contributed by atoms with van der Waals surface area (Å²) in [5, 5.41) is 10.3. The minimum Gasteiger partial charge on any atom is -0.396 e. The van der Waals surface area contributed by atoms with E-state index in [9.17, 15) is 4.79 Å². The number of nitrogens with zero attached hydrogens (tertiary/aromatic N) is 1. The van der Waals surface area contributed by atoms with Crippen molar-refractivity contribution < 1.29 is 14.7 Å². The molecule has 1 N–H and O–H groups in total. The molecule has 0 bridgehead atoms. The molecule has 2 rings (SSSR count). The number of rotatable bonds is 4. The van der Waals surface area contributed by atoms with E-state index in [1.165, 1.54) is 17.9 Å². The minimum absolute atomic E-state index is 0.0715. The number of carbonyl (C=O) groups excluding carboxylic acids is 1. The van der Waals surface area contributed by atoms with E-state index in [0.717, 1.165) is 0 Å². The second kappa shape index (κ2) is 3.87. The van der Waals surface area contributed by atoms with E-state index in [1.807, 2.05) is 6.92 Å². The molecule has 1 aliphatic carbocycles. The maximum atomic E-state index is 11.5. The number of hydrogen-bond donors (Lipinski definition) is 1. The van der Waals surface area contributed by atoms with Gasteiger partial charge in [0.15, 0.2) is 0 Å². The molecule has 4 heteroatoms. The summed E-state index contributed by atoms with van der Waals surface area (Å²) in [6.07, 6.45) is 3.04. The van der Waals surface area contributed by atoms with Crippen LogP contribution < -0.4 is 0 Å². The topological polar surface area (TPSA) is 49.8 Å². The van der Waals surface area contributed by atoms with Crippen molar-refractivity contribution in [3.8, 4) is 0 Å². The van der Waals surface area contributed by atoms with Crippen molar-refractivity contribution >= 4 is 5.91 Å². The maximum Gasteiger partial charge on any atom is 0.248 e. The van der Waals surface area contributed by atoms with Gasteiger partial charge in [0.25, 0.3) is 0 Å². The van der Waals surface area contributed by atoms with Crippen molar-refractivity contribution in [3.05, 3.63) is 0 Å². The van der Waals surface area contributed by atoms with Crippen LogP contribution in [0.15, 0.2) is 0 Å². The molecule has 2 fully saturated rings. The Morgan fingerprint density at radius 3 is 2.93 bits per heavy atom. The van der Waals surface area contributed by atoms with Gasteiger partial charge in [0.2, 0.25) is 5.91 Å². The van der Waals surface area contributed by atoms with E-state index in [4.69, 9.17) is 9.94 Å². The quantitative estimate of drug-likeness (QED) is 0.719. The molecule has 1 aliphatic heterocycles. The average molecular weight is 199 g/mol. The molecule has 0 aromatic carbocycles. The SMILES string of the molecule is CC(CO)CN1OC(C2CC2)CC1=O. The highest BCUT2D eigenvalue weighted by Crippen LogP contribution is 2.38. The van der Waals surface area contributed by atoms with Crippen molar-refractivity contribution in [2.24, 2.45) is 11.8 Å². The third-order valence-corrected chi connectivity index (χ3v) is 2.85. The van der Waals surface area contributed by atoms with Crippen molar-refractivity contribution in [3.63, 3.8) is 0 Å². The van der Waals surface area contributed by atoms with Crippen LogP contribution in [-0.2, 0) is 9.63 Å². The fourth-order valence-electron chi connectivity index (χ4n) is 1.74. The normalized spacial score (nSPS) is 29.7. The predicted octanol–water partition coefficient (Wildman–Crippen LogP) is 0.557. The second-order valence-electron chi connectivity index (χ2n) is 4.43. The summed E-state index contributed by atoms with van der Waals surface area (Å²) in [5.74, 6) is 0.771. The van der Waals surface area contributed by atoms with Gasteiger partial charge in [-0.1, -0.05) is 6.92 Å². The maximum absolute atomic E-state index is 11.5. The van der Waals surface area contributed by atoms with Crippen molar-refractivity contribution in [1.29, 1.82) is 0 Å². The summed E-state index contributed by atoms with van der Waals surface area (Å²) in [6.45, 7) is 2.51. The van der Waals surface area contributed by atoms with Crippen LogP contribution in [0.1, 0.15) is 26.2 Å². The van der Waals surface area contributed by atoms with Gasteiger partial charge in [0.05, 0.1) is 19.1 Å². The van der Waals surface area contributed by atoms with Crippen molar-refractivity contribution in [2.45, 2.75) is 32.3 Å². The lowest BCUT2D eigenvalue weighted by Crippen LogP contribution is -2.30. The molecular formula is C10H17NO3. The molecule has 80 valence electrons. The Morgan fingerprint density at radius 2 is 2.36 bits per heavy atom. The molecule has 2 atom stereocenters. The first-order valence-corrected chi connectivity index (χ1v) is 5.28. The molecule has 1 saturated carbocycles. The van der Waals surface area contributed by atoms with E-state index in [1.54, 1.807) is 0 Å². The van der Waals surface area contributed by atoms with Gasteiger partial charge in [0.1, 0.15) is 0 Å². The zero-order valence-corrected chi connectivity index (χ0v) is 8.48. The van der Waals surface area contributed by atoms with Crippen molar-refractivity contribution in [1.82, 2.24) is 5.06 Å². The summed E-state index contributed by atoms with van der Waals surface area (Å²) in [6, 6.07) is 0. The van der Waals surface area contributed by atoms with Gasteiger partial charge in [-0.15, -0.1) is 0 Å². The summed E-state index contributed by atoms with van der Waals surface area (Å²) in [7, 11) is 0. The van der Waals surface area contributed by atoms with Gasteiger partial charge >= 0.3 is 0 Å². The fraction of sp³-hybridized carbons (Fsp3) is 0.900. The monoisotopic (exact) mass is 199 g/mol. The Balaban J connectivity index is 1.84. The van der Waals surface area contributed by atoms with E-state index in [0.29, 0.717) is 18.9 Å². The molecule has 1 heterocycles. The van der Waals surface area contributed by atoms with Crippen LogP contribution in [0.3, 0.4) is 0 Å². The fourth-order valence-corrected chi connectivity index (χ4v) is 1.74. The third kappa shape index (κ3) is 2.07. The van der Waals surface area contributed by atoms with Gasteiger partial charge in [0, 0.05) is 6.61 Å². The molecule has 0 aromatic heterocycles. The Labute approximate surface area is 83.8 Å². The van der Waals surface area contributed by atoms with Gasteiger partial charge in [-0.05, 0) is 24.7 Å². The van der Waals surface area contributed by atoms with Gasteiger partial charge < -0.3 is 5.11 Å². The zero-order chi connectivity index (χ0) is 10.1. The smallest absolute Gasteiger partial charge is 0.248 e. The summed E-state index contributed by atoms with van der Waals surface area (Å²) >= 11 is 0. The lowest BCUT2D eigenvalue weighted by atomic mass is 10.1. The molecule has 0 spiro atoms. The Bertz CT molecular complexity index is 227. The molecule has 0 radical (unpaired) electrons. The van der Waals surface area contributed by atoms with Gasteiger partial charge in [-0.25, -0.2) is 5.06 Å². The Morgan fingerprint density at radius 1 is 1.64 bits per heavy atom. The van der Waals surface area contributed by atoms with Crippen LogP contribution in [0, 0.1) is 11.8 Å². The molecule has 2 aliphatic rings. The number of aliphatic hydroxyl groups excluding tert-OH is 1. The Hall–Kier alpha value is -0.610. The third-order valence-electron chi connectivity index (χ3n) is 2.85. The van der Waals surface area contributed by atoms with Crippen LogP contribution in [0.2, 0.25) is 0 Å². The van der Waals surface area contributed by atoms with Crippen LogP contribution in [0.4, 0.5) is 0 Å². The van der Waals surface area contributed by atoms with Crippen molar-refractivity contribution in [2.75, 3.05) is 13.2 Å². The van der Waals surface area contributed by atoms with Gasteiger partial charge in [-0.3, -0.25) is 9.63 Å². The average Bonchev–Trinajstić information content (AvgIpc) is 2.94. The molecular weight excluding hydrogens is 182 g/mol. The molecule has 0 aromatic rings. The summed E-state index contributed by atoms with van der Waals surface area (Å²) in [4.78, 5) is 17.0. The van der Waals surface area contributed by atoms with E-state index in [-0.39, 0.29) is 24.5 Å². The molecule has 4 nitrogen and oxygen atoms in total. The van der Waals surface area contributed by atoms with E-state index < -0.39 is 0 Å². The number of hydroxylamine groups is 2. The van der Waals surface area contributed by atoms with Crippen LogP contribution in [0.25, 0.3) is 0 Å². The first-order chi connectivity index (χ1) is 6.70. The summed E-state index contributed by atoms with van der Waals surface area (Å²) < 4.78 is 0. The lowest BCUT2D eigenvalue weighted by molar-refractivity contribution is -0.179. The van der Waals surface area contributed by atoms with E-state index >= 15 is 0 Å². The number of aliphatic hydroxyl groups is 1. The van der Waals surface area contributed by atoms with Gasteiger partial charge in [-0.2, -0.15) is 0 Å². The highest BCUT2D eigenvalue weighted by Gasteiger charge is 2.41. The zero-order valence-electron chi connectivity index (χ0n) is 8.48. The first-order valence-electron chi connectivity index (χ1n) is 5.28. The van der Waals surface area contributed by atoms with Crippen LogP contribution in [0.5, 0.6) is 0 Å². The first kappa shape index (κ1) is 9.93. The predicted molar refractivity (Wildman–Crippen MR) is 50.2 cm³/mol. The van der Waals surface area contributed by atoms with E-state index in [2.05, 4.69) is 0 Å². The minimum atomic E-state index is 0.0715. The van der Waals surface area contributed by atoms with Crippen LogP contribution >= 0.6 is 0 Å². The van der Waals surface area contributed by atoms with Crippen LogP contribution in [-0.4, -0.2) is 35.3 Å². The highest BCUT2D eigenvalue weighted by atomic mass is 16.7. The lowest BCUT2D eigenvalue weighted by Gasteiger charge is -2.19.